The summed E-state index contributed by atoms with van der Waals surface area (Å²) in [7, 11) is -3.32. The van der Waals surface area contributed by atoms with Crippen molar-refractivity contribution in [1.29, 1.82) is 0 Å². The summed E-state index contributed by atoms with van der Waals surface area (Å²) in [4.78, 5) is 0. The first-order chi connectivity index (χ1) is 13.4. The van der Waals surface area contributed by atoms with Gasteiger partial charge in [0.05, 0.1) is 18.5 Å². The van der Waals surface area contributed by atoms with Crippen LogP contribution in [0.4, 0.5) is 11.4 Å². The average Bonchev–Trinajstić information content (AvgIpc) is 2.69. The zero-order valence-corrected chi connectivity index (χ0v) is 17.2. The van der Waals surface area contributed by atoms with E-state index in [0.29, 0.717) is 12.2 Å². The number of ether oxygens (including phenoxy) is 2. The second-order valence-electron chi connectivity index (χ2n) is 7.20. The third-order valence-corrected chi connectivity index (χ3v) is 6.42. The van der Waals surface area contributed by atoms with Crippen LogP contribution in [0.25, 0.3) is 0 Å². The van der Waals surface area contributed by atoms with Crippen LogP contribution in [0.2, 0.25) is 0 Å². The summed E-state index contributed by atoms with van der Waals surface area (Å²) in [6, 6.07) is 15.3. The van der Waals surface area contributed by atoms with Crippen molar-refractivity contribution in [2.75, 3.05) is 23.3 Å². The van der Waals surface area contributed by atoms with Crippen LogP contribution < -0.4 is 14.8 Å². The maximum Gasteiger partial charge on any atom is 0.235 e. The van der Waals surface area contributed by atoms with Crippen molar-refractivity contribution in [1.82, 2.24) is 0 Å². The molecule has 0 spiro atoms. The summed E-state index contributed by atoms with van der Waals surface area (Å²) in [5, 5.41) is 2.90. The number of hydrogen-bond acceptors (Lipinski definition) is 5. The number of benzene rings is 2. The van der Waals surface area contributed by atoms with Crippen LogP contribution in [0, 0.1) is 0 Å². The molecule has 0 saturated carbocycles. The van der Waals surface area contributed by atoms with Gasteiger partial charge in [-0.1, -0.05) is 12.1 Å². The van der Waals surface area contributed by atoms with Crippen molar-refractivity contribution in [2.24, 2.45) is 0 Å². The van der Waals surface area contributed by atoms with Gasteiger partial charge >= 0.3 is 0 Å². The molecule has 28 heavy (non-hydrogen) atoms. The van der Waals surface area contributed by atoms with Gasteiger partial charge in [-0.05, 0) is 55.8 Å². The Kier molecular flexibility index (Phi) is 6.80. The number of nitrogens with one attached hydrogen (secondary N) is 2. The highest BCUT2D eigenvalue weighted by Gasteiger charge is 2.16. The van der Waals surface area contributed by atoms with Gasteiger partial charge in [-0.3, -0.25) is 4.72 Å². The van der Waals surface area contributed by atoms with E-state index in [2.05, 4.69) is 10.0 Å². The van der Waals surface area contributed by atoms with Crippen LogP contribution in [-0.2, 0) is 21.3 Å². The Morgan fingerprint density at radius 1 is 1.00 bits per heavy atom. The molecule has 0 unspecified atom stereocenters. The average molecular weight is 405 g/mol. The number of hydrogen-bond donors (Lipinski definition) is 2. The molecule has 1 aliphatic heterocycles. The second-order valence-corrected chi connectivity index (χ2v) is 9.44. The zero-order valence-electron chi connectivity index (χ0n) is 16.4. The van der Waals surface area contributed by atoms with Crippen LogP contribution in [-0.4, -0.2) is 33.0 Å². The van der Waals surface area contributed by atoms with Gasteiger partial charge in [-0.25, -0.2) is 8.42 Å². The fourth-order valence-corrected chi connectivity index (χ4v) is 3.51. The monoisotopic (exact) mass is 404 g/mol. The first-order valence-corrected chi connectivity index (χ1v) is 11.2. The smallest absolute Gasteiger partial charge is 0.235 e. The van der Waals surface area contributed by atoms with E-state index in [1.54, 1.807) is 26.0 Å². The Morgan fingerprint density at radius 2 is 1.61 bits per heavy atom. The van der Waals surface area contributed by atoms with Crippen LogP contribution in [0.5, 0.6) is 5.75 Å². The molecule has 152 valence electrons. The molecule has 0 radical (unpaired) electrons. The summed E-state index contributed by atoms with van der Waals surface area (Å²) >= 11 is 0. The van der Waals surface area contributed by atoms with Crippen LogP contribution in [0.15, 0.2) is 48.5 Å². The summed E-state index contributed by atoms with van der Waals surface area (Å²) < 4.78 is 37.7. The van der Waals surface area contributed by atoms with E-state index in [4.69, 9.17) is 9.47 Å². The van der Waals surface area contributed by atoms with Crippen molar-refractivity contribution >= 4 is 21.4 Å². The minimum atomic E-state index is -3.32. The largest absolute Gasteiger partial charge is 0.490 e. The Morgan fingerprint density at radius 3 is 2.21 bits per heavy atom. The maximum absolute atomic E-state index is 11.9. The third kappa shape index (κ3) is 5.87. The number of anilines is 2. The minimum Gasteiger partial charge on any atom is -0.490 e. The van der Waals surface area contributed by atoms with Gasteiger partial charge in [0.2, 0.25) is 10.0 Å². The highest BCUT2D eigenvalue weighted by atomic mass is 32.2. The highest BCUT2D eigenvalue weighted by molar-refractivity contribution is 7.93. The summed E-state index contributed by atoms with van der Waals surface area (Å²) in [5.74, 6) is 0.874. The van der Waals surface area contributed by atoms with E-state index < -0.39 is 15.3 Å². The molecule has 0 atom stereocenters. The van der Waals surface area contributed by atoms with E-state index in [-0.39, 0.29) is 6.10 Å². The Hall–Kier alpha value is -2.25. The van der Waals surface area contributed by atoms with Crippen LogP contribution in [0.3, 0.4) is 0 Å². The first-order valence-electron chi connectivity index (χ1n) is 9.61. The molecule has 1 aliphatic rings. The Labute approximate surface area is 167 Å². The third-order valence-electron chi connectivity index (χ3n) is 4.66. The first kappa shape index (κ1) is 20.5. The molecule has 1 saturated heterocycles. The van der Waals surface area contributed by atoms with E-state index in [0.717, 1.165) is 43.1 Å². The molecule has 0 amide bonds. The van der Waals surface area contributed by atoms with Gasteiger partial charge in [0.1, 0.15) is 11.9 Å². The standard InChI is InChI=1S/C21H28N2O4S/c1-16(2)28(24,25)23-19-5-3-17(4-6-19)15-22-18-7-9-20(10-8-18)27-21-11-13-26-14-12-21/h3-10,16,21-23H,11-15H2,1-2H3. The molecule has 2 N–H and O–H groups in total. The molecule has 0 aliphatic carbocycles. The van der Waals surface area contributed by atoms with Crippen molar-refractivity contribution in [3.05, 3.63) is 54.1 Å². The van der Waals surface area contributed by atoms with E-state index in [9.17, 15) is 8.42 Å². The molecule has 3 rings (SSSR count). The topological polar surface area (TPSA) is 76.7 Å². The molecule has 1 heterocycles. The lowest BCUT2D eigenvalue weighted by Gasteiger charge is -2.23. The SMILES string of the molecule is CC(C)S(=O)(=O)Nc1ccc(CNc2ccc(OC3CCOCC3)cc2)cc1. The van der Waals surface area contributed by atoms with Crippen molar-refractivity contribution < 1.29 is 17.9 Å². The molecule has 1 fully saturated rings. The lowest BCUT2D eigenvalue weighted by molar-refractivity contribution is 0.0256. The fraction of sp³-hybridized carbons (Fsp3) is 0.429. The van der Waals surface area contributed by atoms with Gasteiger partial charge in [0.15, 0.2) is 0 Å². The molecule has 2 aromatic carbocycles. The molecular weight excluding hydrogens is 376 g/mol. The Balaban J connectivity index is 1.49. The summed E-state index contributed by atoms with van der Waals surface area (Å²) in [6.07, 6.45) is 2.10. The van der Waals surface area contributed by atoms with E-state index in [1.165, 1.54) is 0 Å². The molecule has 2 aromatic rings. The molecule has 6 nitrogen and oxygen atoms in total. The van der Waals surface area contributed by atoms with Gasteiger partial charge in [-0.2, -0.15) is 0 Å². The quantitative estimate of drug-likeness (QED) is 0.695. The maximum atomic E-state index is 11.9. The second kappa shape index (κ2) is 9.30. The summed E-state index contributed by atoms with van der Waals surface area (Å²) in [5.41, 5.74) is 2.64. The molecule has 7 heteroatoms. The molecular formula is C21H28N2O4S. The van der Waals surface area contributed by atoms with E-state index >= 15 is 0 Å². The highest BCUT2D eigenvalue weighted by Crippen LogP contribution is 2.21. The fourth-order valence-electron chi connectivity index (χ4n) is 2.81. The molecule has 0 bridgehead atoms. The molecule has 0 aromatic heterocycles. The predicted molar refractivity (Wildman–Crippen MR) is 112 cm³/mol. The van der Waals surface area contributed by atoms with Crippen molar-refractivity contribution in [3.8, 4) is 5.75 Å². The lowest BCUT2D eigenvalue weighted by atomic mass is 10.1. The normalized spacial score (nSPS) is 15.4. The predicted octanol–water partition coefficient (Wildman–Crippen LogP) is 4.01. The van der Waals surface area contributed by atoms with Gasteiger partial charge < -0.3 is 14.8 Å². The number of rotatable bonds is 8. The van der Waals surface area contributed by atoms with Crippen LogP contribution in [0.1, 0.15) is 32.3 Å². The van der Waals surface area contributed by atoms with Gasteiger partial charge in [0, 0.05) is 30.8 Å². The van der Waals surface area contributed by atoms with Crippen molar-refractivity contribution in [3.63, 3.8) is 0 Å². The Bertz CT molecular complexity index is 843. The lowest BCUT2D eigenvalue weighted by Crippen LogP contribution is -2.25. The zero-order chi connectivity index (χ0) is 20.0. The van der Waals surface area contributed by atoms with Gasteiger partial charge in [-0.15, -0.1) is 0 Å². The van der Waals surface area contributed by atoms with Gasteiger partial charge in [0.25, 0.3) is 0 Å². The minimum absolute atomic E-state index is 0.235. The van der Waals surface area contributed by atoms with Crippen molar-refractivity contribution in [2.45, 2.75) is 44.6 Å². The van der Waals surface area contributed by atoms with Crippen LogP contribution >= 0.6 is 0 Å². The number of sulfonamides is 1. The van der Waals surface area contributed by atoms with E-state index in [1.807, 2.05) is 36.4 Å². The summed E-state index contributed by atoms with van der Waals surface area (Å²) in [6.45, 7) is 5.49.